The molecule has 1 aliphatic carbocycles. The Hall–Kier alpha value is -0.940. The first-order chi connectivity index (χ1) is 10.3. The number of hydrogen-bond acceptors (Lipinski definition) is 4. The number of rotatable bonds is 4. The molecule has 1 atom stereocenters. The standard InChI is InChI=1S/C17H29N3OS/c1-11(16-20-15(10-22-16)17(3,4)5)18-13-6-8-14(9-7-13)19-12(2)21/h10-11,13-14,18H,6-9H2,1-5H3,(H,19,21). The van der Waals surface area contributed by atoms with Crippen LogP contribution in [0.25, 0.3) is 0 Å². The number of carbonyl (C=O) groups excluding carboxylic acids is 1. The Labute approximate surface area is 138 Å². The Kier molecular flexibility index (Phi) is 5.61. The number of amides is 1. The van der Waals surface area contributed by atoms with Crippen LogP contribution in [0.15, 0.2) is 5.38 Å². The average Bonchev–Trinajstić information content (AvgIpc) is 2.90. The molecule has 1 heterocycles. The predicted molar refractivity (Wildman–Crippen MR) is 92.2 cm³/mol. The third-order valence-corrected chi connectivity index (χ3v) is 5.31. The number of hydrogen-bond donors (Lipinski definition) is 2. The van der Waals surface area contributed by atoms with Crippen LogP contribution in [0.1, 0.15) is 77.0 Å². The van der Waals surface area contributed by atoms with E-state index in [-0.39, 0.29) is 11.3 Å². The predicted octanol–water partition coefficient (Wildman–Crippen LogP) is 3.54. The SMILES string of the molecule is CC(=O)NC1CCC(NC(C)c2nc(C(C)(C)C)cs2)CC1. The van der Waals surface area contributed by atoms with Crippen LogP contribution in [0.5, 0.6) is 0 Å². The zero-order valence-corrected chi connectivity index (χ0v) is 15.2. The zero-order chi connectivity index (χ0) is 16.3. The van der Waals surface area contributed by atoms with E-state index in [1.807, 2.05) is 0 Å². The van der Waals surface area contributed by atoms with Gasteiger partial charge in [0.25, 0.3) is 0 Å². The van der Waals surface area contributed by atoms with Crippen LogP contribution in [0.4, 0.5) is 0 Å². The third-order valence-electron chi connectivity index (χ3n) is 4.28. The molecule has 1 saturated carbocycles. The summed E-state index contributed by atoms with van der Waals surface area (Å²) in [4.78, 5) is 15.9. The molecule has 0 spiro atoms. The molecule has 2 N–H and O–H groups in total. The first-order valence-corrected chi connectivity index (χ1v) is 9.12. The van der Waals surface area contributed by atoms with Crippen molar-refractivity contribution in [2.45, 2.75) is 83.8 Å². The maximum absolute atomic E-state index is 11.1. The number of carbonyl (C=O) groups is 1. The van der Waals surface area contributed by atoms with Gasteiger partial charge in [-0.3, -0.25) is 4.79 Å². The molecule has 4 nitrogen and oxygen atoms in total. The van der Waals surface area contributed by atoms with Gasteiger partial charge in [0, 0.05) is 29.8 Å². The van der Waals surface area contributed by atoms with Crippen LogP contribution in [-0.4, -0.2) is 23.0 Å². The molecular weight excluding hydrogens is 294 g/mol. The normalized spacial score (nSPS) is 24.0. The van der Waals surface area contributed by atoms with E-state index in [1.165, 1.54) is 10.7 Å². The second-order valence-corrected chi connectivity index (χ2v) is 8.35. The van der Waals surface area contributed by atoms with Crippen molar-refractivity contribution in [3.8, 4) is 0 Å². The molecule has 1 aliphatic rings. The van der Waals surface area contributed by atoms with Crippen molar-refractivity contribution in [3.63, 3.8) is 0 Å². The lowest BCUT2D eigenvalue weighted by atomic mass is 9.90. The van der Waals surface area contributed by atoms with E-state index < -0.39 is 0 Å². The number of nitrogens with zero attached hydrogens (tertiary/aromatic N) is 1. The number of nitrogens with one attached hydrogen (secondary N) is 2. The highest BCUT2D eigenvalue weighted by atomic mass is 32.1. The fraction of sp³-hybridized carbons (Fsp3) is 0.765. The summed E-state index contributed by atoms with van der Waals surface area (Å²) in [5, 5.41) is 10.1. The largest absolute Gasteiger partial charge is 0.354 e. The summed E-state index contributed by atoms with van der Waals surface area (Å²) in [6, 6.07) is 1.18. The van der Waals surface area contributed by atoms with Crippen LogP contribution in [-0.2, 0) is 10.2 Å². The molecule has 0 radical (unpaired) electrons. The summed E-state index contributed by atoms with van der Waals surface area (Å²) < 4.78 is 0. The summed E-state index contributed by atoms with van der Waals surface area (Å²) in [5.41, 5.74) is 1.29. The molecule has 1 unspecified atom stereocenters. The van der Waals surface area contributed by atoms with Crippen molar-refractivity contribution in [3.05, 3.63) is 16.1 Å². The summed E-state index contributed by atoms with van der Waals surface area (Å²) in [6.07, 6.45) is 4.36. The van der Waals surface area contributed by atoms with E-state index in [1.54, 1.807) is 18.3 Å². The Bertz CT molecular complexity index is 498. The van der Waals surface area contributed by atoms with E-state index in [2.05, 4.69) is 43.7 Å². The van der Waals surface area contributed by atoms with Gasteiger partial charge < -0.3 is 10.6 Å². The second kappa shape index (κ2) is 7.09. The van der Waals surface area contributed by atoms with Crippen molar-refractivity contribution in [2.75, 3.05) is 0 Å². The first kappa shape index (κ1) is 17.4. The van der Waals surface area contributed by atoms with Gasteiger partial charge >= 0.3 is 0 Å². The smallest absolute Gasteiger partial charge is 0.217 e. The Morgan fingerprint density at radius 2 is 1.86 bits per heavy atom. The fourth-order valence-electron chi connectivity index (χ4n) is 2.95. The molecule has 1 aromatic rings. The highest BCUT2D eigenvalue weighted by molar-refractivity contribution is 7.09. The lowest BCUT2D eigenvalue weighted by Gasteiger charge is -2.31. The highest BCUT2D eigenvalue weighted by Crippen LogP contribution is 2.28. The van der Waals surface area contributed by atoms with Crippen LogP contribution in [0, 0.1) is 0 Å². The van der Waals surface area contributed by atoms with Crippen molar-refractivity contribution < 1.29 is 4.79 Å². The highest BCUT2D eigenvalue weighted by Gasteiger charge is 2.24. The molecule has 1 aromatic heterocycles. The van der Waals surface area contributed by atoms with Gasteiger partial charge in [0.1, 0.15) is 5.01 Å². The molecule has 5 heteroatoms. The van der Waals surface area contributed by atoms with Gasteiger partial charge in [-0.1, -0.05) is 20.8 Å². The molecular formula is C17H29N3OS. The van der Waals surface area contributed by atoms with Gasteiger partial charge in [0.15, 0.2) is 0 Å². The molecule has 124 valence electrons. The lowest BCUT2D eigenvalue weighted by Crippen LogP contribution is -2.42. The molecule has 1 fully saturated rings. The van der Waals surface area contributed by atoms with Crippen LogP contribution in [0.3, 0.4) is 0 Å². The van der Waals surface area contributed by atoms with Crippen LogP contribution < -0.4 is 10.6 Å². The summed E-state index contributed by atoms with van der Waals surface area (Å²) in [6.45, 7) is 10.4. The van der Waals surface area contributed by atoms with Gasteiger partial charge in [-0.05, 0) is 32.6 Å². The van der Waals surface area contributed by atoms with E-state index in [0.29, 0.717) is 18.1 Å². The monoisotopic (exact) mass is 323 g/mol. The molecule has 2 rings (SSSR count). The molecule has 1 amide bonds. The van der Waals surface area contributed by atoms with Crippen LogP contribution in [0.2, 0.25) is 0 Å². The number of aromatic nitrogens is 1. The van der Waals surface area contributed by atoms with Crippen molar-refractivity contribution in [1.82, 2.24) is 15.6 Å². The quantitative estimate of drug-likeness (QED) is 0.891. The average molecular weight is 324 g/mol. The molecule has 0 aromatic carbocycles. The van der Waals surface area contributed by atoms with Crippen molar-refractivity contribution >= 4 is 17.2 Å². The van der Waals surface area contributed by atoms with Gasteiger partial charge in [0.2, 0.25) is 5.91 Å². The summed E-state index contributed by atoms with van der Waals surface area (Å²) in [7, 11) is 0. The van der Waals surface area contributed by atoms with E-state index in [0.717, 1.165) is 25.7 Å². The summed E-state index contributed by atoms with van der Waals surface area (Å²) >= 11 is 1.75. The van der Waals surface area contributed by atoms with Gasteiger partial charge in [0.05, 0.1) is 11.7 Å². The van der Waals surface area contributed by atoms with Gasteiger partial charge in [-0.2, -0.15) is 0 Å². The second-order valence-electron chi connectivity index (χ2n) is 7.46. The Morgan fingerprint density at radius 3 is 2.36 bits per heavy atom. The van der Waals surface area contributed by atoms with E-state index in [4.69, 9.17) is 4.98 Å². The first-order valence-electron chi connectivity index (χ1n) is 8.24. The Morgan fingerprint density at radius 1 is 1.27 bits per heavy atom. The van der Waals surface area contributed by atoms with Crippen LogP contribution >= 0.6 is 11.3 Å². The molecule has 0 saturated heterocycles. The molecule has 22 heavy (non-hydrogen) atoms. The van der Waals surface area contributed by atoms with Gasteiger partial charge in [-0.25, -0.2) is 4.98 Å². The number of thiazole rings is 1. The minimum Gasteiger partial charge on any atom is -0.354 e. The molecule has 0 aliphatic heterocycles. The third kappa shape index (κ3) is 4.78. The molecule has 0 bridgehead atoms. The van der Waals surface area contributed by atoms with Crippen molar-refractivity contribution in [1.29, 1.82) is 0 Å². The maximum atomic E-state index is 11.1. The van der Waals surface area contributed by atoms with Gasteiger partial charge in [-0.15, -0.1) is 11.3 Å². The topological polar surface area (TPSA) is 54.0 Å². The van der Waals surface area contributed by atoms with E-state index in [9.17, 15) is 4.79 Å². The summed E-state index contributed by atoms with van der Waals surface area (Å²) in [5.74, 6) is 0.0854. The maximum Gasteiger partial charge on any atom is 0.217 e. The fourth-order valence-corrected chi connectivity index (χ4v) is 4.01. The van der Waals surface area contributed by atoms with Crippen molar-refractivity contribution in [2.24, 2.45) is 0 Å². The lowest BCUT2D eigenvalue weighted by molar-refractivity contribution is -0.119. The van der Waals surface area contributed by atoms with E-state index >= 15 is 0 Å². The minimum atomic E-state index is 0.0854. The zero-order valence-electron chi connectivity index (χ0n) is 14.4. The minimum absolute atomic E-state index is 0.0854. The Balaban J connectivity index is 1.84.